The highest BCUT2D eigenvalue weighted by molar-refractivity contribution is 7.99. The van der Waals surface area contributed by atoms with Crippen molar-refractivity contribution < 1.29 is 14.4 Å². The van der Waals surface area contributed by atoms with Gasteiger partial charge in [0.05, 0.1) is 5.75 Å². The van der Waals surface area contributed by atoms with Crippen molar-refractivity contribution in [3.8, 4) is 0 Å². The first kappa shape index (κ1) is 22.0. The molecule has 1 aliphatic heterocycles. The fourth-order valence-corrected chi connectivity index (χ4v) is 4.95. The van der Waals surface area contributed by atoms with Crippen molar-refractivity contribution in [1.29, 1.82) is 0 Å². The van der Waals surface area contributed by atoms with Crippen LogP contribution in [0.3, 0.4) is 0 Å². The first-order chi connectivity index (χ1) is 15.5. The quantitative estimate of drug-likeness (QED) is 0.368. The number of urea groups is 1. The smallest absolute Gasteiger partial charge is 0.318 e. The molecule has 0 radical (unpaired) electrons. The summed E-state index contributed by atoms with van der Waals surface area (Å²) < 4.78 is 1.88. The number of hydrazine groups is 1. The van der Waals surface area contributed by atoms with Gasteiger partial charge in [0.1, 0.15) is 11.9 Å². The zero-order valence-electron chi connectivity index (χ0n) is 17.4. The van der Waals surface area contributed by atoms with Crippen LogP contribution in [0.5, 0.6) is 0 Å². The number of aryl methyl sites for hydroxylation is 2. The van der Waals surface area contributed by atoms with E-state index in [1.54, 1.807) is 41.9 Å². The molecule has 166 valence electrons. The number of thiophene rings is 1. The van der Waals surface area contributed by atoms with Crippen LogP contribution in [0.2, 0.25) is 0 Å². The summed E-state index contributed by atoms with van der Waals surface area (Å²) in [6.07, 6.45) is 2.83. The average Bonchev–Trinajstić information content (AvgIpc) is 3.54. The fourth-order valence-electron chi connectivity index (χ4n) is 3.52. The normalized spacial score (nSPS) is 18.1. The summed E-state index contributed by atoms with van der Waals surface area (Å²) in [5.74, 6) is -1.00. The van der Waals surface area contributed by atoms with E-state index in [2.05, 4.69) is 27.0 Å². The van der Waals surface area contributed by atoms with Gasteiger partial charge in [-0.05, 0) is 29.9 Å². The Balaban J connectivity index is 1.36. The van der Waals surface area contributed by atoms with Crippen molar-refractivity contribution in [1.82, 2.24) is 30.5 Å². The van der Waals surface area contributed by atoms with Gasteiger partial charge in [-0.2, -0.15) is 5.01 Å². The van der Waals surface area contributed by atoms with Crippen molar-refractivity contribution in [3.05, 3.63) is 64.6 Å². The van der Waals surface area contributed by atoms with Crippen LogP contribution in [0.4, 0.5) is 4.79 Å². The van der Waals surface area contributed by atoms with Crippen molar-refractivity contribution in [2.45, 2.75) is 37.0 Å². The summed E-state index contributed by atoms with van der Waals surface area (Å²) in [5, 5.41) is 14.1. The largest absolute Gasteiger partial charge is 0.344 e. The number of hydrogen-bond donors (Lipinski definition) is 2. The topological polar surface area (TPSA) is 109 Å². The number of nitrogens with one attached hydrogen (secondary N) is 2. The Kier molecular flexibility index (Phi) is 6.56. The van der Waals surface area contributed by atoms with Crippen molar-refractivity contribution in [3.63, 3.8) is 0 Å². The van der Waals surface area contributed by atoms with Gasteiger partial charge in [0, 0.05) is 11.4 Å². The van der Waals surface area contributed by atoms with Crippen LogP contribution in [0.25, 0.3) is 0 Å². The summed E-state index contributed by atoms with van der Waals surface area (Å²) in [6, 6.07) is 12.4. The van der Waals surface area contributed by atoms with Crippen LogP contribution >= 0.6 is 23.1 Å². The minimum absolute atomic E-state index is 0.0147. The maximum Gasteiger partial charge on any atom is 0.344 e. The summed E-state index contributed by atoms with van der Waals surface area (Å²) >= 11 is 2.88. The number of imide groups is 1. The molecule has 1 unspecified atom stereocenters. The average molecular weight is 471 g/mol. The SMILES string of the molecule is CCC1(c2ccccc2)NC(=O)N(NC(=O)CSc2nncn2CCc2cccs2)C1=O. The van der Waals surface area contributed by atoms with Crippen molar-refractivity contribution >= 4 is 40.9 Å². The summed E-state index contributed by atoms with van der Waals surface area (Å²) in [7, 11) is 0. The van der Waals surface area contributed by atoms with Crippen molar-refractivity contribution in [2.75, 3.05) is 5.75 Å². The minimum Gasteiger partial charge on any atom is -0.318 e. The van der Waals surface area contributed by atoms with Crippen molar-refractivity contribution in [2.24, 2.45) is 0 Å². The number of nitrogens with zero attached hydrogens (tertiary/aromatic N) is 4. The first-order valence-corrected chi connectivity index (χ1v) is 11.9. The number of hydrogen-bond acceptors (Lipinski definition) is 7. The molecule has 0 spiro atoms. The zero-order valence-corrected chi connectivity index (χ0v) is 19.0. The number of carbonyl (C=O) groups excluding carboxylic acids is 3. The zero-order chi connectivity index (χ0) is 22.6. The van der Waals surface area contributed by atoms with Gasteiger partial charge in [-0.1, -0.05) is 55.1 Å². The third-order valence-corrected chi connectivity index (χ3v) is 7.13. The molecule has 9 nitrogen and oxygen atoms in total. The molecule has 32 heavy (non-hydrogen) atoms. The molecule has 0 aliphatic carbocycles. The monoisotopic (exact) mass is 470 g/mol. The number of aromatic nitrogens is 3. The van der Waals surface area contributed by atoms with Crippen LogP contribution in [-0.4, -0.2) is 43.4 Å². The van der Waals surface area contributed by atoms with Gasteiger partial charge in [0.25, 0.3) is 5.91 Å². The molecule has 1 aliphatic rings. The van der Waals surface area contributed by atoms with Crippen LogP contribution in [0.15, 0.2) is 59.3 Å². The number of rotatable bonds is 9. The second kappa shape index (κ2) is 9.53. The lowest BCUT2D eigenvalue weighted by molar-refractivity contribution is -0.138. The molecule has 1 atom stereocenters. The van der Waals surface area contributed by atoms with E-state index in [-0.39, 0.29) is 5.75 Å². The second-order valence-corrected chi connectivity index (χ2v) is 9.13. The highest BCUT2D eigenvalue weighted by atomic mass is 32.2. The van der Waals surface area contributed by atoms with Crippen LogP contribution < -0.4 is 10.7 Å². The molecule has 3 aromatic rings. The molecular weight excluding hydrogens is 448 g/mol. The van der Waals surface area contributed by atoms with Gasteiger partial charge in [0.15, 0.2) is 5.16 Å². The van der Waals surface area contributed by atoms with E-state index in [0.29, 0.717) is 23.7 Å². The Labute approximate surface area is 193 Å². The van der Waals surface area contributed by atoms with Gasteiger partial charge in [0.2, 0.25) is 5.91 Å². The molecule has 0 bridgehead atoms. The Hall–Kier alpha value is -3.18. The molecule has 2 aromatic heterocycles. The predicted octanol–water partition coefficient (Wildman–Crippen LogP) is 2.56. The van der Waals surface area contributed by atoms with E-state index in [4.69, 9.17) is 0 Å². The van der Waals surface area contributed by atoms with E-state index >= 15 is 0 Å². The molecule has 4 amide bonds. The predicted molar refractivity (Wildman–Crippen MR) is 121 cm³/mol. The summed E-state index contributed by atoms with van der Waals surface area (Å²) in [4.78, 5) is 39.4. The van der Waals surface area contributed by atoms with E-state index in [1.165, 1.54) is 16.6 Å². The number of carbonyl (C=O) groups is 3. The molecular formula is C21H22N6O3S2. The Morgan fingerprint density at radius 1 is 1.22 bits per heavy atom. The van der Waals surface area contributed by atoms with Gasteiger partial charge >= 0.3 is 6.03 Å². The lowest BCUT2D eigenvalue weighted by atomic mass is 9.87. The van der Waals surface area contributed by atoms with E-state index < -0.39 is 23.4 Å². The van der Waals surface area contributed by atoms with E-state index in [1.807, 2.05) is 29.0 Å². The number of benzene rings is 1. The minimum atomic E-state index is -1.19. The standard InChI is InChI=1S/C21H22N6O3S2/c1-2-21(15-7-4-3-5-8-15)18(29)27(19(30)23-21)25-17(28)13-32-20-24-22-14-26(20)11-10-16-9-6-12-31-16/h3-9,12,14H,2,10-11,13H2,1H3,(H,23,30)(H,25,28). The van der Waals surface area contributed by atoms with E-state index in [0.717, 1.165) is 11.4 Å². The first-order valence-electron chi connectivity index (χ1n) is 10.1. The van der Waals surface area contributed by atoms with Gasteiger partial charge in [-0.25, -0.2) is 4.79 Å². The molecule has 2 N–H and O–H groups in total. The van der Waals surface area contributed by atoms with Gasteiger partial charge in [-0.3, -0.25) is 15.0 Å². The lowest BCUT2D eigenvalue weighted by Gasteiger charge is -2.25. The molecule has 0 saturated carbocycles. The highest BCUT2D eigenvalue weighted by Crippen LogP contribution is 2.31. The fraction of sp³-hybridized carbons (Fsp3) is 0.286. The van der Waals surface area contributed by atoms with Crippen LogP contribution in [0.1, 0.15) is 23.8 Å². The maximum atomic E-state index is 13.1. The Morgan fingerprint density at radius 3 is 2.75 bits per heavy atom. The molecule has 11 heteroatoms. The highest BCUT2D eigenvalue weighted by Gasteiger charge is 2.52. The second-order valence-electron chi connectivity index (χ2n) is 7.16. The Bertz CT molecular complexity index is 1100. The van der Waals surface area contributed by atoms with Gasteiger partial charge < -0.3 is 9.88 Å². The summed E-state index contributed by atoms with van der Waals surface area (Å²) in [6.45, 7) is 2.51. The van der Waals surface area contributed by atoms with Gasteiger partial charge in [-0.15, -0.1) is 21.5 Å². The molecule has 4 rings (SSSR count). The summed E-state index contributed by atoms with van der Waals surface area (Å²) in [5.41, 5.74) is 1.91. The molecule has 1 fully saturated rings. The number of amides is 4. The number of thioether (sulfide) groups is 1. The molecule has 1 aromatic carbocycles. The third kappa shape index (κ3) is 4.39. The molecule has 3 heterocycles. The molecule has 1 saturated heterocycles. The third-order valence-electron chi connectivity index (χ3n) is 5.22. The van der Waals surface area contributed by atoms with Crippen LogP contribution in [-0.2, 0) is 28.1 Å². The van der Waals surface area contributed by atoms with Crippen LogP contribution in [0, 0.1) is 0 Å². The Morgan fingerprint density at radius 2 is 2.03 bits per heavy atom. The lowest BCUT2D eigenvalue weighted by Crippen LogP contribution is -2.49. The maximum absolute atomic E-state index is 13.1. The van der Waals surface area contributed by atoms with E-state index in [9.17, 15) is 14.4 Å².